The van der Waals surface area contributed by atoms with Gasteiger partial charge in [0.1, 0.15) is 0 Å². The van der Waals surface area contributed by atoms with Crippen LogP contribution in [0.4, 0.5) is 0 Å². The fourth-order valence-corrected chi connectivity index (χ4v) is 6.87. The maximum atomic E-state index is 11.8. The predicted octanol–water partition coefficient (Wildman–Crippen LogP) is 1.87. The molecule has 0 radical (unpaired) electrons. The van der Waals surface area contributed by atoms with E-state index in [9.17, 15) is 25.2 Å². The molecule has 3 saturated carbocycles. The van der Waals surface area contributed by atoms with Crippen LogP contribution in [0.3, 0.4) is 0 Å². The fourth-order valence-electron chi connectivity index (χ4n) is 6.87. The summed E-state index contributed by atoms with van der Waals surface area (Å²) in [5.41, 5.74) is -2.06. The van der Waals surface area contributed by atoms with E-state index in [1.54, 1.807) is 6.92 Å². The predicted molar refractivity (Wildman–Crippen MR) is 91.6 cm³/mol. The second kappa shape index (κ2) is 5.18. The van der Waals surface area contributed by atoms with E-state index in [1.807, 2.05) is 0 Å². The zero-order chi connectivity index (χ0) is 18.2. The molecule has 5 nitrogen and oxygen atoms in total. The van der Waals surface area contributed by atoms with Crippen LogP contribution in [0, 0.1) is 28.6 Å². The molecule has 0 aromatic heterocycles. The third-order valence-electron chi connectivity index (χ3n) is 8.10. The molecule has 5 heteroatoms. The number of aliphatic hydroxyl groups is 3. The molecule has 0 aromatic rings. The molecule has 4 aliphatic rings. The topological polar surface area (TPSA) is 98.0 Å². The van der Waals surface area contributed by atoms with Gasteiger partial charge in [0.15, 0.2) is 5.60 Å². The average molecular weight is 348 g/mol. The Morgan fingerprint density at radius 1 is 1.28 bits per heavy atom. The quantitative estimate of drug-likeness (QED) is 0.542. The van der Waals surface area contributed by atoms with Crippen molar-refractivity contribution in [1.29, 1.82) is 0 Å². The smallest absolute Gasteiger partial charge is 0.339 e. The Bertz CT molecular complexity index is 669. The summed E-state index contributed by atoms with van der Waals surface area (Å²) in [7, 11) is 0. The van der Waals surface area contributed by atoms with Crippen LogP contribution >= 0.6 is 0 Å². The minimum absolute atomic E-state index is 0.00506. The summed E-state index contributed by atoms with van der Waals surface area (Å²) in [5, 5.41) is 42.1. The number of fused-ring (bicyclic) bond motifs is 5. The maximum absolute atomic E-state index is 11.8. The lowest BCUT2D eigenvalue weighted by Crippen LogP contribution is -2.63. The molecule has 0 bridgehead atoms. The van der Waals surface area contributed by atoms with Crippen LogP contribution in [0.1, 0.15) is 46.0 Å². The molecule has 0 saturated heterocycles. The molecule has 25 heavy (non-hydrogen) atoms. The van der Waals surface area contributed by atoms with Crippen LogP contribution in [-0.4, -0.2) is 44.2 Å². The first kappa shape index (κ1) is 17.3. The third-order valence-corrected chi connectivity index (χ3v) is 8.10. The minimum atomic E-state index is -2.19. The Balaban J connectivity index is 1.79. The molecule has 4 rings (SSSR count). The molecule has 138 valence electrons. The summed E-state index contributed by atoms with van der Waals surface area (Å²) in [6, 6.07) is 0. The first-order chi connectivity index (χ1) is 11.7. The summed E-state index contributed by atoms with van der Waals surface area (Å²) >= 11 is 0. The van der Waals surface area contributed by atoms with Crippen molar-refractivity contribution in [3.63, 3.8) is 0 Å². The van der Waals surface area contributed by atoms with Gasteiger partial charge in [-0.3, -0.25) is 0 Å². The van der Waals surface area contributed by atoms with Gasteiger partial charge >= 0.3 is 5.97 Å². The van der Waals surface area contributed by atoms with Crippen LogP contribution in [0.5, 0.6) is 0 Å². The summed E-state index contributed by atoms with van der Waals surface area (Å²) in [6.07, 6.45) is 7.84. The minimum Gasteiger partial charge on any atom is -0.479 e. The van der Waals surface area contributed by atoms with Gasteiger partial charge in [-0.2, -0.15) is 0 Å². The molecule has 3 fully saturated rings. The highest BCUT2D eigenvalue weighted by molar-refractivity contribution is 5.80. The molecular weight excluding hydrogens is 320 g/mol. The molecule has 0 aromatic carbocycles. The Morgan fingerprint density at radius 2 is 2.00 bits per heavy atom. The van der Waals surface area contributed by atoms with E-state index < -0.39 is 29.2 Å². The number of rotatable bonds is 1. The highest BCUT2D eigenvalue weighted by Crippen LogP contribution is 2.66. The van der Waals surface area contributed by atoms with Crippen molar-refractivity contribution < 1.29 is 25.2 Å². The van der Waals surface area contributed by atoms with Gasteiger partial charge in [-0.05, 0) is 43.9 Å². The Labute approximate surface area is 148 Å². The summed E-state index contributed by atoms with van der Waals surface area (Å²) in [5.74, 6) is -1.38. The van der Waals surface area contributed by atoms with Crippen LogP contribution in [0.15, 0.2) is 23.8 Å². The number of aliphatic carboxylic acids is 1. The van der Waals surface area contributed by atoms with E-state index in [2.05, 4.69) is 25.2 Å². The summed E-state index contributed by atoms with van der Waals surface area (Å²) < 4.78 is 0. The molecule has 8 atom stereocenters. The second-order valence-electron chi connectivity index (χ2n) is 9.00. The van der Waals surface area contributed by atoms with Crippen LogP contribution in [0.25, 0.3) is 0 Å². The number of carboxylic acids is 1. The molecule has 0 unspecified atom stereocenters. The largest absolute Gasteiger partial charge is 0.479 e. The number of carboxylic acid groups (broad SMARTS) is 1. The van der Waals surface area contributed by atoms with Gasteiger partial charge in [-0.25, -0.2) is 4.79 Å². The maximum Gasteiger partial charge on any atom is 0.339 e. The molecule has 4 N–H and O–H groups in total. The third kappa shape index (κ3) is 1.92. The second-order valence-corrected chi connectivity index (χ2v) is 9.00. The number of carbonyl (C=O) groups is 1. The lowest BCUT2D eigenvalue weighted by atomic mass is 9.46. The van der Waals surface area contributed by atoms with Crippen molar-refractivity contribution in [2.24, 2.45) is 28.6 Å². The summed E-state index contributed by atoms with van der Waals surface area (Å²) in [4.78, 5) is 11.8. The van der Waals surface area contributed by atoms with E-state index in [0.29, 0.717) is 0 Å². The lowest BCUT2D eigenvalue weighted by Gasteiger charge is -2.59. The molecule has 0 amide bonds. The zero-order valence-electron chi connectivity index (χ0n) is 14.9. The highest BCUT2D eigenvalue weighted by atomic mass is 16.4. The molecule has 4 aliphatic carbocycles. The fraction of sp³-hybridized carbons (Fsp3) is 0.750. The molecule has 0 spiro atoms. The van der Waals surface area contributed by atoms with Gasteiger partial charge in [-0.15, -0.1) is 0 Å². The van der Waals surface area contributed by atoms with Gasteiger partial charge in [-0.1, -0.05) is 37.6 Å². The van der Waals surface area contributed by atoms with E-state index in [1.165, 1.54) is 5.57 Å². The van der Waals surface area contributed by atoms with Crippen molar-refractivity contribution in [2.45, 2.75) is 63.8 Å². The van der Waals surface area contributed by atoms with Gasteiger partial charge in [0, 0.05) is 16.7 Å². The molecular formula is C20H28O5. The van der Waals surface area contributed by atoms with Crippen molar-refractivity contribution in [3.05, 3.63) is 23.8 Å². The van der Waals surface area contributed by atoms with Crippen LogP contribution < -0.4 is 0 Å². The number of allylic oxidation sites excluding steroid dienone is 4. The van der Waals surface area contributed by atoms with Crippen molar-refractivity contribution in [1.82, 2.24) is 0 Å². The SMILES string of the molecule is C[C@]12C=CCC=C1CC[C@@H]1[C@@H]2[C@@H](O)C[C@@]2(C)[C@H]1C[C@@H](O)[C@]2(O)C(=O)O. The van der Waals surface area contributed by atoms with Crippen molar-refractivity contribution >= 4 is 5.97 Å². The van der Waals surface area contributed by atoms with Crippen molar-refractivity contribution in [2.75, 3.05) is 0 Å². The standard InChI is InChI=1S/C20H28O5/c1-18-8-4-3-5-11(18)6-7-12-13-9-15(22)20(25,17(23)24)19(13,2)10-14(21)16(12)18/h4-5,8,12-16,21-22,25H,3,6-7,9-10H2,1-2H3,(H,23,24)/t12-,13-,14-,15+,16+,18-,19-,20-/m0/s1. The van der Waals surface area contributed by atoms with E-state index in [0.717, 1.165) is 19.3 Å². The van der Waals surface area contributed by atoms with E-state index in [-0.39, 0.29) is 36.0 Å². The number of hydrogen-bond acceptors (Lipinski definition) is 4. The first-order valence-corrected chi connectivity index (χ1v) is 9.35. The van der Waals surface area contributed by atoms with Crippen LogP contribution in [-0.2, 0) is 4.79 Å². The number of aliphatic hydroxyl groups excluding tert-OH is 2. The van der Waals surface area contributed by atoms with Gasteiger partial charge in [0.05, 0.1) is 12.2 Å². The number of hydrogen-bond donors (Lipinski definition) is 4. The van der Waals surface area contributed by atoms with Crippen LogP contribution in [0.2, 0.25) is 0 Å². The molecule has 0 heterocycles. The Hall–Kier alpha value is -1.17. The van der Waals surface area contributed by atoms with Gasteiger partial charge < -0.3 is 20.4 Å². The van der Waals surface area contributed by atoms with E-state index in [4.69, 9.17) is 0 Å². The average Bonchev–Trinajstić information content (AvgIpc) is 2.75. The normalized spacial score (nSPS) is 54.3. The highest BCUT2D eigenvalue weighted by Gasteiger charge is 2.72. The first-order valence-electron chi connectivity index (χ1n) is 9.35. The molecule has 0 aliphatic heterocycles. The van der Waals surface area contributed by atoms with E-state index >= 15 is 0 Å². The monoisotopic (exact) mass is 348 g/mol. The summed E-state index contributed by atoms with van der Waals surface area (Å²) in [6.45, 7) is 3.91. The lowest BCUT2D eigenvalue weighted by molar-refractivity contribution is -0.203. The Morgan fingerprint density at radius 3 is 2.68 bits per heavy atom. The zero-order valence-corrected chi connectivity index (χ0v) is 14.9. The van der Waals surface area contributed by atoms with Gasteiger partial charge in [0.2, 0.25) is 0 Å². The Kier molecular flexibility index (Phi) is 3.57. The van der Waals surface area contributed by atoms with Gasteiger partial charge in [0.25, 0.3) is 0 Å². The van der Waals surface area contributed by atoms with Crippen molar-refractivity contribution in [3.8, 4) is 0 Å².